The fourth-order valence-electron chi connectivity index (χ4n) is 0.638. The fourth-order valence-corrected chi connectivity index (χ4v) is 0.638. The molecule has 0 saturated heterocycles. The maximum atomic E-state index is 10.8. The summed E-state index contributed by atoms with van der Waals surface area (Å²) in [7, 11) is 0. The average Bonchev–Trinajstić information content (AvgIpc) is 1.91. The van der Waals surface area contributed by atoms with E-state index >= 15 is 0 Å². The Labute approximate surface area is 60.4 Å². The molecule has 56 valence electrons. The van der Waals surface area contributed by atoms with Crippen molar-refractivity contribution in [3.8, 4) is 6.19 Å². The molecule has 10 heavy (non-hydrogen) atoms. The van der Waals surface area contributed by atoms with E-state index in [4.69, 9.17) is 5.26 Å². The third-order valence-electron chi connectivity index (χ3n) is 1.21. The van der Waals surface area contributed by atoms with Gasteiger partial charge in [-0.1, -0.05) is 0 Å². The van der Waals surface area contributed by atoms with Crippen LogP contribution >= 0.6 is 0 Å². The summed E-state index contributed by atoms with van der Waals surface area (Å²) >= 11 is 0. The van der Waals surface area contributed by atoms with E-state index in [0.29, 0.717) is 13.1 Å². The summed E-state index contributed by atoms with van der Waals surface area (Å²) in [6, 6.07) is -0.326. The SMILES string of the molecule is CCN(CC)C(=O)NC#N. The van der Waals surface area contributed by atoms with E-state index in [1.165, 1.54) is 4.90 Å². The first-order valence-electron chi connectivity index (χ1n) is 3.20. The second kappa shape index (κ2) is 4.62. The third kappa shape index (κ3) is 2.35. The number of amides is 2. The van der Waals surface area contributed by atoms with Gasteiger partial charge in [0.25, 0.3) is 0 Å². The number of rotatable bonds is 2. The first-order valence-corrected chi connectivity index (χ1v) is 3.20. The first kappa shape index (κ1) is 8.76. The molecule has 0 rings (SSSR count). The number of hydrogen-bond donors (Lipinski definition) is 1. The van der Waals surface area contributed by atoms with E-state index in [0.717, 1.165) is 0 Å². The van der Waals surface area contributed by atoms with E-state index in [9.17, 15) is 4.79 Å². The molecular weight excluding hydrogens is 130 g/mol. The van der Waals surface area contributed by atoms with Crippen LogP contribution in [0.2, 0.25) is 0 Å². The van der Waals surface area contributed by atoms with Gasteiger partial charge in [0.1, 0.15) is 0 Å². The Kier molecular flexibility index (Phi) is 4.05. The minimum absolute atomic E-state index is 0.326. The van der Waals surface area contributed by atoms with Crippen LogP contribution in [0.3, 0.4) is 0 Å². The van der Waals surface area contributed by atoms with Crippen molar-refractivity contribution >= 4 is 6.03 Å². The van der Waals surface area contributed by atoms with Crippen molar-refractivity contribution in [1.29, 1.82) is 5.26 Å². The molecule has 0 saturated carbocycles. The van der Waals surface area contributed by atoms with Crippen molar-refractivity contribution < 1.29 is 4.79 Å². The number of hydrogen-bond acceptors (Lipinski definition) is 2. The molecule has 4 nitrogen and oxygen atoms in total. The van der Waals surface area contributed by atoms with Crippen LogP contribution in [0.1, 0.15) is 13.8 Å². The molecule has 0 bridgehead atoms. The molecule has 0 aliphatic carbocycles. The van der Waals surface area contributed by atoms with Crippen LogP contribution in [-0.2, 0) is 0 Å². The highest BCUT2D eigenvalue weighted by Gasteiger charge is 2.06. The molecule has 0 aliphatic heterocycles. The van der Waals surface area contributed by atoms with Gasteiger partial charge in [-0.05, 0) is 13.8 Å². The van der Waals surface area contributed by atoms with Gasteiger partial charge < -0.3 is 4.90 Å². The van der Waals surface area contributed by atoms with Gasteiger partial charge in [0.2, 0.25) is 0 Å². The van der Waals surface area contributed by atoms with Gasteiger partial charge in [-0.2, -0.15) is 5.26 Å². The maximum absolute atomic E-state index is 10.8. The third-order valence-corrected chi connectivity index (χ3v) is 1.21. The van der Waals surface area contributed by atoms with Gasteiger partial charge in [-0.25, -0.2) is 10.1 Å². The Bertz CT molecular complexity index is 146. The van der Waals surface area contributed by atoms with Crippen molar-refractivity contribution in [2.24, 2.45) is 0 Å². The smallest absolute Gasteiger partial charge is 0.325 e. The Morgan fingerprint density at radius 3 is 2.40 bits per heavy atom. The summed E-state index contributed by atoms with van der Waals surface area (Å²) in [5.41, 5.74) is 0. The minimum Gasteiger partial charge on any atom is -0.325 e. The number of nitriles is 1. The summed E-state index contributed by atoms with van der Waals surface area (Å²) in [4.78, 5) is 12.3. The van der Waals surface area contributed by atoms with Crippen molar-refractivity contribution in [1.82, 2.24) is 10.2 Å². The highest BCUT2D eigenvalue weighted by molar-refractivity contribution is 5.75. The zero-order valence-corrected chi connectivity index (χ0v) is 6.22. The number of carbonyl (C=O) groups is 1. The molecule has 0 spiro atoms. The zero-order chi connectivity index (χ0) is 7.98. The van der Waals surface area contributed by atoms with Gasteiger partial charge in [-0.3, -0.25) is 0 Å². The second-order valence-electron chi connectivity index (χ2n) is 1.71. The van der Waals surface area contributed by atoms with Crippen molar-refractivity contribution in [3.05, 3.63) is 0 Å². The van der Waals surface area contributed by atoms with E-state index in [-0.39, 0.29) is 6.03 Å². The van der Waals surface area contributed by atoms with Crippen LogP contribution in [0.5, 0.6) is 0 Å². The molecule has 1 N–H and O–H groups in total. The molecule has 0 aliphatic rings. The average molecular weight is 141 g/mol. The Morgan fingerprint density at radius 2 is 2.10 bits per heavy atom. The van der Waals surface area contributed by atoms with Gasteiger partial charge in [0.15, 0.2) is 6.19 Å². The lowest BCUT2D eigenvalue weighted by Crippen LogP contribution is -2.37. The minimum atomic E-state index is -0.326. The molecule has 0 aromatic carbocycles. The number of carbonyl (C=O) groups excluding carboxylic acids is 1. The molecule has 0 aromatic rings. The molecule has 0 fully saturated rings. The van der Waals surface area contributed by atoms with Crippen LogP contribution in [0.25, 0.3) is 0 Å². The van der Waals surface area contributed by atoms with Gasteiger partial charge in [0, 0.05) is 13.1 Å². The van der Waals surface area contributed by atoms with Gasteiger partial charge in [0.05, 0.1) is 0 Å². The van der Waals surface area contributed by atoms with Crippen LogP contribution in [0.15, 0.2) is 0 Å². The normalized spacial score (nSPS) is 8.10. The first-order chi connectivity index (χ1) is 4.76. The van der Waals surface area contributed by atoms with Crippen LogP contribution in [0, 0.1) is 11.5 Å². The van der Waals surface area contributed by atoms with Crippen molar-refractivity contribution in [2.45, 2.75) is 13.8 Å². The predicted octanol–water partition coefficient (Wildman–Crippen LogP) is 0.519. The Hall–Kier alpha value is -1.24. The molecule has 0 heterocycles. The zero-order valence-electron chi connectivity index (χ0n) is 6.22. The Morgan fingerprint density at radius 1 is 1.60 bits per heavy atom. The Balaban J connectivity index is 3.79. The maximum Gasteiger partial charge on any atom is 0.330 e. The van der Waals surface area contributed by atoms with Gasteiger partial charge >= 0.3 is 6.03 Å². The van der Waals surface area contributed by atoms with E-state index in [1.807, 2.05) is 19.2 Å². The van der Waals surface area contributed by atoms with Crippen molar-refractivity contribution in [3.63, 3.8) is 0 Å². The van der Waals surface area contributed by atoms with Crippen molar-refractivity contribution in [2.75, 3.05) is 13.1 Å². The summed E-state index contributed by atoms with van der Waals surface area (Å²) < 4.78 is 0. The lowest BCUT2D eigenvalue weighted by atomic mass is 10.5. The van der Waals surface area contributed by atoms with Crippen LogP contribution in [0.4, 0.5) is 4.79 Å². The fraction of sp³-hybridized carbons (Fsp3) is 0.667. The molecule has 0 radical (unpaired) electrons. The second-order valence-corrected chi connectivity index (χ2v) is 1.71. The molecular formula is C6H11N3O. The number of nitrogens with zero attached hydrogens (tertiary/aromatic N) is 2. The van der Waals surface area contributed by atoms with E-state index < -0.39 is 0 Å². The lowest BCUT2D eigenvalue weighted by Gasteiger charge is -2.15. The molecule has 0 aromatic heterocycles. The van der Waals surface area contributed by atoms with Gasteiger partial charge in [-0.15, -0.1) is 0 Å². The topological polar surface area (TPSA) is 56.1 Å². The quantitative estimate of drug-likeness (QED) is 0.450. The highest BCUT2D eigenvalue weighted by atomic mass is 16.2. The van der Waals surface area contributed by atoms with E-state index in [1.54, 1.807) is 6.19 Å². The van der Waals surface area contributed by atoms with Crippen LogP contribution in [-0.4, -0.2) is 24.0 Å². The predicted molar refractivity (Wildman–Crippen MR) is 37.1 cm³/mol. The number of nitrogens with one attached hydrogen (secondary N) is 1. The highest BCUT2D eigenvalue weighted by Crippen LogP contribution is 1.85. The summed E-state index contributed by atoms with van der Waals surface area (Å²) in [6.45, 7) is 4.98. The molecule has 0 atom stereocenters. The summed E-state index contributed by atoms with van der Waals surface area (Å²) in [5.74, 6) is 0. The standard InChI is InChI=1S/C6H11N3O/c1-3-9(4-2)6(10)8-5-7/h3-4H2,1-2H3,(H,8,10). The summed E-state index contributed by atoms with van der Waals surface area (Å²) in [5, 5.41) is 10.1. The molecule has 0 unspecified atom stereocenters. The molecule has 4 heteroatoms. The van der Waals surface area contributed by atoms with E-state index in [2.05, 4.69) is 0 Å². The summed E-state index contributed by atoms with van der Waals surface area (Å²) in [6.07, 6.45) is 1.58. The molecule has 2 amide bonds. The largest absolute Gasteiger partial charge is 0.330 e. The van der Waals surface area contributed by atoms with Crippen LogP contribution < -0.4 is 5.32 Å². The lowest BCUT2D eigenvalue weighted by molar-refractivity contribution is 0.207. The number of urea groups is 1. The monoisotopic (exact) mass is 141 g/mol.